The van der Waals surface area contributed by atoms with Gasteiger partial charge in [-0.2, -0.15) is 0 Å². The molecule has 1 saturated heterocycles. The van der Waals surface area contributed by atoms with Gasteiger partial charge in [0.2, 0.25) is 0 Å². The van der Waals surface area contributed by atoms with E-state index in [9.17, 15) is 30.3 Å². The first kappa shape index (κ1) is 20.3. The molecule has 11 heteroatoms. The Labute approximate surface area is 130 Å². The number of aliphatic hydroxyl groups excluding tert-OH is 8. The average Bonchev–Trinajstić information content (AvgIpc) is 2.56. The predicted molar refractivity (Wildman–Crippen MR) is 69.8 cm³/mol. The molecule has 0 aromatic carbocycles. The fraction of sp³-hybridized carbons (Fsp3) is 0.917. The third-order valence-electron chi connectivity index (χ3n) is 3.47. The maximum absolute atomic E-state index is 11.6. The van der Waals surface area contributed by atoms with Gasteiger partial charge in [0.25, 0.3) is 0 Å². The molecule has 0 aliphatic carbocycles. The van der Waals surface area contributed by atoms with Crippen LogP contribution in [0, 0.1) is 0 Å². The Hall–Kier alpha value is -0.730. The van der Waals surface area contributed by atoms with Crippen molar-refractivity contribution in [1.82, 2.24) is 0 Å². The maximum Gasteiger partial charge on any atom is 0.189 e. The van der Waals surface area contributed by atoms with Gasteiger partial charge in [0.1, 0.15) is 49.3 Å². The summed E-state index contributed by atoms with van der Waals surface area (Å²) in [5, 5.41) is 74.4. The van der Waals surface area contributed by atoms with Gasteiger partial charge in [-0.15, -0.1) is 0 Å². The van der Waals surface area contributed by atoms with Crippen LogP contribution in [0.5, 0.6) is 0 Å². The molecule has 0 aromatic heterocycles. The number of carbonyl (C=O) groups excluding carboxylic acids is 1. The van der Waals surface area contributed by atoms with Crippen molar-refractivity contribution in [2.45, 2.75) is 49.0 Å². The topological polar surface area (TPSA) is 197 Å². The zero-order chi connectivity index (χ0) is 17.7. The van der Waals surface area contributed by atoms with E-state index in [0.29, 0.717) is 0 Å². The van der Waals surface area contributed by atoms with E-state index in [1.807, 2.05) is 0 Å². The minimum absolute atomic E-state index is 0.678. The van der Waals surface area contributed by atoms with Crippen molar-refractivity contribution in [2.75, 3.05) is 19.8 Å². The van der Waals surface area contributed by atoms with E-state index >= 15 is 0 Å². The normalized spacial score (nSPS) is 35.6. The lowest BCUT2D eigenvalue weighted by Crippen LogP contribution is -2.59. The van der Waals surface area contributed by atoms with Crippen LogP contribution in [0.25, 0.3) is 0 Å². The number of aliphatic hydroxyl groups is 8. The van der Waals surface area contributed by atoms with Gasteiger partial charge in [0.05, 0.1) is 13.2 Å². The van der Waals surface area contributed by atoms with Crippen LogP contribution in [0.15, 0.2) is 0 Å². The van der Waals surface area contributed by atoms with E-state index in [2.05, 4.69) is 0 Å². The van der Waals surface area contributed by atoms with Gasteiger partial charge in [0.15, 0.2) is 12.1 Å². The largest absolute Gasteiger partial charge is 0.394 e. The van der Waals surface area contributed by atoms with Crippen molar-refractivity contribution in [3.8, 4) is 0 Å². The second-order valence-electron chi connectivity index (χ2n) is 5.16. The highest BCUT2D eigenvalue weighted by Crippen LogP contribution is 2.22. The standard InChI is InChI=1S/C12H22O11/c13-1-4(15)7(17)8(18)5(16)3-22-12-11(21)10(20)9(19)6(2-14)23-12/h4,6-15,17-21H,1-3H2/t4-,6-,7+,8+,9-,10+,11-,12-/m1/s1. The van der Waals surface area contributed by atoms with Gasteiger partial charge in [-0.25, -0.2) is 0 Å². The number of hydrogen-bond donors (Lipinski definition) is 8. The minimum atomic E-state index is -2.05. The van der Waals surface area contributed by atoms with Gasteiger partial charge in [-0.05, 0) is 0 Å². The van der Waals surface area contributed by atoms with Crippen LogP contribution in [0.3, 0.4) is 0 Å². The first-order valence-electron chi connectivity index (χ1n) is 6.84. The summed E-state index contributed by atoms with van der Waals surface area (Å²) in [5.74, 6) is -1.08. The second-order valence-corrected chi connectivity index (χ2v) is 5.16. The van der Waals surface area contributed by atoms with E-state index in [4.69, 9.17) is 24.8 Å². The minimum Gasteiger partial charge on any atom is -0.394 e. The highest BCUT2D eigenvalue weighted by molar-refractivity contribution is 5.84. The Morgan fingerprint density at radius 2 is 1.65 bits per heavy atom. The Kier molecular flexibility index (Phi) is 7.89. The first-order valence-corrected chi connectivity index (χ1v) is 6.84. The Morgan fingerprint density at radius 3 is 2.17 bits per heavy atom. The third kappa shape index (κ3) is 4.87. The maximum atomic E-state index is 11.6. The number of hydrogen-bond acceptors (Lipinski definition) is 11. The molecule has 0 amide bonds. The molecule has 11 nitrogen and oxygen atoms in total. The quantitative estimate of drug-likeness (QED) is 0.209. The fourth-order valence-corrected chi connectivity index (χ4v) is 1.96. The lowest BCUT2D eigenvalue weighted by molar-refractivity contribution is -0.299. The van der Waals surface area contributed by atoms with E-state index in [1.54, 1.807) is 0 Å². The van der Waals surface area contributed by atoms with Crippen molar-refractivity contribution in [1.29, 1.82) is 0 Å². The molecule has 23 heavy (non-hydrogen) atoms. The van der Waals surface area contributed by atoms with Crippen LogP contribution in [0.4, 0.5) is 0 Å². The average molecular weight is 342 g/mol. The van der Waals surface area contributed by atoms with Crippen LogP contribution in [0.2, 0.25) is 0 Å². The summed E-state index contributed by atoms with van der Waals surface area (Å²) < 4.78 is 9.85. The molecule has 0 saturated carbocycles. The zero-order valence-electron chi connectivity index (χ0n) is 12.0. The number of Topliss-reactive ketones (excluding diaryl/α,β-unsaturated/α-hetero) is 1. The SMILES string of the molecule is O=C(CO[C@@H]1O[C@H](CO)[C@@H](O)[C@H](O)[C@H]1O)[C@H](O)[C@@H](O)[C@H](O)CO. The Morgan fingerprint density at radius 1 is 1.04 bits per heavy atom. The molecule has 1 fully saturated rings. The smallest absolute Gasteiger partial charge is 0.189 e. The molecule has 136 valence electrons. The Bertz CT molecular complexity index is 376. The molecule has 0 bridgehead atoms. The molecule has 0 aromatic rings. The monoisotopic (exact) mass is 342 g/mol. The first-order chi connectivity index (χ1) is 10.7. The number of rotatable bonds is 8. The van der Waals surface area contributed by atoms with E-state index in [-0.39, 0.29) is 0 Å². The molecule has 1 aliphatic rings. The molecule has 8 atom stereocenters. The molecule has 1 rings (SSSR count). The lowest BCUT2D eigenvalue weighted by Gasteiger charge is -2.39. The van der Waals surface area contributed by atoms with Crippen molar-refractivity contribution < 1.29 is 55.1 Å². The van der Waals surface area contributed by atoms with Crippen LogP contribution >= 0.6 is 0 Å². The van der Waals surface area contributed by atoms with Crippen LogP contribution in [0.1, 0.15) is 0 Å². The molecular formula is C12H22O11. The van der Waals surface area contributed by atoms with E-state index in [1.165, 1.54) is 0 Å². The summed E-state index contributed by atoms with van der Waals surface area (Å²) in [6.45, 7) is -2.42. The summed E-state index contributed by atoms with van der Waals surface area (Å²) in [4.78, 5) is 11.6. The molecule has 0 unspecified atom stereocenters. The highest BCUT2D eigenvalue weighted by Gasteiger charge is 2.44. The van der Waals surface area contributed by atoms with Crippen LogP contribution < -0.4 is 0 Å². The van der Waals surface area contributed by atoms with E-state index < -0.39 is 74.6 Å². The van der Waals surface area contributed by atoms with Crippen molar-refractivity contribution in [3.63, 3.8) is 0 Å². The highest BCUT2D eigenvalue weighted by atomic mass is 16.7. The zero-order valence-corrected chi connectivity index (χ0v) is 12.0. The van der Waals surface area contributed by atoms with Gasteiger partial charge in [0, 0.05) is 0 Å². The van der Waals surface area contributed by atoms with Gasteiger partial charge in [-0.1, -0.05) is 0 Å². The fourth-order valence-electron chi connectivity index (χ4n) is 1.96. The van der Waals surface area contributed by atoms with Crippen molar-refractivity contribution in [2.24, 2.45) is 0 Å². The molecule has 1 aliphatic heterocycles. The van der Waals surface area contributed by atoms with Gasteiger partial charge < -0.3 is 50.3 Å². The molecular weight excluding hydrogens is 320 g/mol. The number of ether oxygens (including phenoxy) is 2. The summed E-state index contributed by atoms with van der Waals surface area (Å²) in [7, 11) is 0. The summed E-state index contributed by atoms with van der Waals surface area (Å²) in [6.07, 6.45) is -13.5. The van der Waals surface area contributed by atoms with Crippen molar-refractivity contribution >= 4 is 5.78 Å². The second kappa shape index (κ2) is 8.94. The van der Waals surface area contributed by atoms with Crippen LogP contribution in [-0.2, 0) is 14.3 Å². The van der Waals surface area contributed by atoms with Gasteiger partial charge >= 0.3 is 0 Å². The van der Waals surface area contributed by atoms with Gasteiger partial charge in [-0.3, -0.25) is 4.79 Å². The van der Waals surface area contributed by atoms with E-state index in [0.717, 1.165) is 0 Å². The summed E-state index contributed by atoms with van der Waals surface area (Å²) >= 11 is 0. The summed E-state index contributed by atoms with van der Waals surface area (Å²) in [6, 6.07) is 0. The third-order valence-corrected chi connectivity index (χ3v) is 3.47. The van der Waals surface area contributed by atoms with Crippen molar-refractivity contribution in [3.05, 3.63) is 0 Å². The number of carbonyl (C=O) groups is 1. The number of ketones is 1. The lowest BCUT2D eigenvalue weighted by atomic mass is 9.99. The predicted octanol–water partition coefficient (Wildman–Crippen LogP) is -5.55. The molecule has 0 radical (unpaired) electrons. The molecule has 1 heterocycles. The Balaban J connectivity index is 2.57. The molecule has 0 spiro atoms. The molecule has 8 N–H and O–H groups in total. The summed E-state index contributed by atoms with van der Waals surface area (Å²) in [5.41, 5.74) is 0. The van der Waals surface area contributed by atoms with Crippen LogP contribution in [-0.4, -0.2) is 115 Å².